The summed E-state index contributed by atoms with van der Waals surface area (Å²) in [5.41, 5.74) is 0.705. The van der Waals surface area contributed by atoms with E-state index in [-0.39, 0.29) is 5.97 Å². The molecule has 0 aliphatic heterocycles. The number of allylic oxidation sites excluding steroid dienone is 2. The number of hydrogen-bond donors (Lipinski definition) is 0. The lowest BCUT2D eigenvalue weighted by Crippen LogP contribution is -2.24. The lowest BCUT2D eigenvalue weighted by Gasteiger charge is -2.23. The molecular weight excluding hydrogens is 240 g/mol. The van der Waals surface area contributed by atoms with Crippen molar-refractivity contribution < 1.29 is 9.53 Å². The minimum absolute atomic E-state index is 0.0569. The third kappa shape index (κ3) is 4.60. The number of esters is 1. The van der Waals surface area contributed by atoms with Crippen LogP contribution in [0.4, 0.5) is 0 Å². The van der Waals surface area contributed by atoms with Gasteiger partial charge in [-0.25, -0.2) is 0 Å². The van der Waals surface area contributed by atoms with Gasteiger partial charge in [0.1, 0.15) is 0 Å². The van der Waals surface area contributed by atoms with Crippen LogP contribution in [-0.2, 0) is 9.53 Å². The van der Waals surface area contributed by atoms with Gasteiger partial charge in [-0.15, -0.1) is 0 Å². The first kappa shape index (κ1) is 15.5. The Morgan fingerprint density at radius 3 is 2.61 bits per heavy atom. The van der Waals surface area contributed by atoms with Crippen LogP contribution < -0.4 is 0 Å². The van der Waals surface area contributed by atoms with Gasteiger partial charge in [-0.05, 0) is 30.2 Å². The predicted molar refractivity (Wildman–Crippen MR) is 79.4 cm³/mol. The first-order valence-electron chi connectivity index (χ1n) is 7.09. The van der Waals surface area contributed by atoms with Crippen LogP contribution in [0.2, 0.25) is 25.2 Å². The average molecular weight is 268 g/mol. The summed E-state index contributed by atoms with van der Waals surface area (Å²) in [7, 11) is 0.410. The molecule has 3 heteroatoms. The maximum atomic E-state index is 11.4. The molecule has 1 saturated carbocycles. The highest BCUT2D eigenvalue weighted by molar-refractivity contribution is 6.77. The van der Waals surface area contributed by atoms with E-state index >= 15 is 0 Å². The van der Waals surface area contributed by atoms with E-state index in [1.807, 2.05) is 0 Å². The maximum Gasteiger partial charge on any atom is 0.305 e. The minimum atomic E-state index is -1.07. The molecule has 2 nitrogen and oxygen atoms in total. The molecular formula is C15H28O2Si. The lowest BCUT2D eigenvalue weighted by molar-refractivity contribution is -0.141. The molecule has 1 rings (SSSR count). The van der Waals surface area contributed by atoms with Crippen molar-refractivity contribution in [3.8, 4) is 0 Å². The van der Waals surface area contributed by atoms with Crippen molar-refractivity contribution in [3.05, 3.63) is 12.2 Å². The van der Waals surface area contributed by atoms with Crippen molar-refractivity contribution in [1.82, 2.24) is 0 Å². The highest BCUT2D eigenvalue weighted by Gasteiger charge is 2.28. The van der Waals surface area contributed by atoms with E-state index in [0.29, 0.717) is 23.8 Å². The molecule has 1 aliphatic rings. The SMILES string of the molecule is COC(=O)C[C@H]1CCC[C@H]1/C=C/C(C)[Si](C)(C)C. The summed E-state index contributed by atoms with van der Waals surface area (Å²) in [5.74, 6) is 1.03. The molecule has 1 unspecified atom stereocenters. The van der Waals surface area contributed by atoms with Crippen LogP contribution in [0.5, 0.6) is 0 Å². The molecule has 0 aromatic carbocycles. The van der Waals surface area contributed by atoms with Gasteiger partial charge in [0.05, 0.1) is 15.2 Å². The van der Waals surface area contributed by atoms with Crippen molar-refractivity contribution in [2.75, 3.05) is 7.11 Å². The summed E-state index contributed by atoms with van der Waals surface area (Å²) in [4.78, 5) is 11.4. The summed E-state index contributed by atoms with van der Waals surface area (Å²) in [5, 5.41) is 0. The third-order valence-corrected chi connectivity index (χ3v) is 7.31. The molecule has 0 aromatic rings. The summed E-state index contributed by atoms with van der Waals surface area (Å²) in [6.45, 7) is 9.54. The smallest absolute Gasteiger partial charge is 0.305 e. The zero-order valence-electron chi connectivity index (χ0n) is 12.5. The second-order valence-electron chi connectivity index (χ2n) is 6.67. The zero-order chi connectivity index (χ0) is 13.8. The van der Waals surface area contributed by atoms with Crippen molar-refractivity contribution in [2.45, 2.75) is 57.8 Å². The predicted octanol–water partition coefficient (Wildman–Crippen LogP) is 4.25. The molecule has 1 aliphatic carbocycles. The quantitative estimate of drug-likeness (QED) is 0.423. The van der Waals surface area contributed by atoms with Gasteiger partial charge in [0.15, 0.2) is 0 Å². The van der Waals surface area contributed by atoms with Crippen LogP contribution in [0, 0.1) is 11.8 Å². The molecule has 1 fully saturated rings. The summed E-state index contributed by atoms with van der Waals surface area (Å²) in [6, 6.07) is 0. The number of rotatable bonds is 5. The van der Waals surface area contributed by atoms with Crippen molar-refractivity contribution in [1.29, 1.82) is 0 Å². The van der Waals surface area contributed by atoms with Gasteiger partial charge in [-0.3, -0.25) is 4.79 Å². The molecule has 18 heavy (non-hydrogen) atoms. The number of ether oxygens (including phenoxy) is 1. The fourth-order valence-electron chi connectivity index (χ4n) is 2.47. The number of hydrogen-bond acceptors (Lipinski definition) is 2. The molecule has 0 saturated heterocycles. The van der Waals surface area contributed by atoms with Crippen LogP contribution in [0.1, 0.15) is 32.6 Å². The topological polar surface area (TPSA) is 26.3 Å². The van der Waals surface area contributed by atoms with Crippen molar-refractivity contribution in [3.63, 3.8) is 0 Å². The second kappa shape index (κ2) is 6.55. The lowest BCUT2D eigenvalue weighted by atomic mass is 9.92. The number of carbonyl (C=O) groups excluding carboxylic acids is 1. The van der Waals surface area contributed by atoms with Gasteiger partial charge in [0.25, 0.3) is 0 Å². The zero-order valence-corrected chi connectivity index (χ0v) is 13.5. The molecule has 104 valence electrons. The van der Waals surface area contributed by atoms with E-state index in [1.54, 1.807) is 0 Å². The van der Waals surface area contributed by atoms with E-state index in [4.69, 9.17) is 4.74 Å². The Hall–Kier alpha value is -0.573. The highest BCUT2D eigenvalue weighted by Crippen LogP contribution is 2.36. The molecule has 0 radical (unpaired) electrons. The van der Waals surface area contributed by atoms with E-state index in [9.17, 15) is 4.79 Å². The summed E-state index contributed by atoms with van der Waals surface area (Å²) >= 11 is 0. The monoisotopic (exact) mass is 268 g/mol. The second-order valence-corrected chi connectivity index (χ2v) is 12.3. The van der Waals surface area contributed by atoms with E-state index < -0.39 is 8.07 Å². The largest absolute Gasteiger partial charge is 0.469 e. The fraction of sp³-hybridized carbons (Fsp3) is 0.800. The maximum absolute atomic E-state index is 11.4. The van der Waals surface area contributed by atoms with Crippen LogP contribution in [0.15, 0.2) is 12.2 Å². The van der Waals surface area contributed by atoms with E-state index in [1.165, 1.54) is 26.4 Å². The van der Waals surface area contributed by atoms with Crippen molar-refractivity contribution >= 4 is 14.0 Å². The summed E-state index contributed by atoms with van der Waals surface area (Å²) < 4.78 is 4.78. The van der Waals surface area contributed by atoms with E-state index in [2.05, 4.69) is 38.7 Å². The minimum Gasteiger partial charge on any atom is -0.469 e. The Morgan fingerprint density at radius 1 is 1.39 bits per heavy atom. The molecule has 0 N–H and O–H groups in total. The summed E-state index contributed by atoms with van der Waals surface area (Å²) in [6.07, 6.45) is 9.02. The van der Waals surface area contributed by atoms with Gasteiger partial charge < -0.3 is 4.74 Å². The van der Waals surface area contributed by atoms with Gasteiger partial charge in [0.2, 0.25) is 0 Å². The Morgan fingerprint density at radius 2 is 2.06 bits per heavy atom. The molecule has 0 aromatic heterocycles. The Labute approximate surface area is 113 Å². The Kier molecular flexibility index (Phi) is 5.64. The highest BCUT2D eigenvalue weighted by atomic mass is 28.3. The molecule has 3 atom stereocenters. The van der Waals surface area contributed by atoms with Gasteiger partial charge in [0, 0.05) is 6.42 Å². The first-order valence-corrected chi connectivity index (χ1v) is 10.7. The normalized spacial score (nSPS) is 26.5. The fourth-order valence-corrected chi connectivity index (χ4v) is 3.16. The number of carbonyl (C=O) groups is 1. The average Bonchev–Trinajstić information content (AvgIpc) is 2.71. The molecule has 0 bridgehead atoms. The van der Waals surface area contributed by atoms with Crippen LogP contribution in [0.25, 0.3) is 0 Å². The van der Waals surface area contributed by atoms with Gasteiger partial charge >= 0.3 is 5.97 Å². The van der Waals surface area contributed by atoms with E-state index in [0.717, 1.165) is 0 Å². The van der Waals surface area contributed by atoms with Crippen LogP contribution in [-0.4, -0.2) is 21.2 Å². The molecule has 0 amide bonds. The van der Waals surface area contributed by atoms with Crippen molar-refractivity contribution in [2.24, 2.45) is 11.8 Å². The van der Waals surface area contributed by atoms with Crippen LogP contribution in [0.3, 0.4) is 0 Å². The molecule has 0 heterocycles. The standard InChI is InChI=1S/C15H28O2Si/c1-12(18(3,4)5)9-10-13-7-6-8-14(13)11-15(16)17-2/h9-10,12-14H,6-8,11H2,1-5H3/b10-9+/t12?,13-,14+/m0/s1. The first-order chi connectivity index (χ1) is 8.34. The number of methoxy groups -OCH3 is 1. The molecule has 0 spiro atoms. The Bertz CT molecular complexity index is 304. The van der Waals surface area contributed by atoms with Gasteiger partial charge in [-0.2, -0.15) is 0 Å². The van der Waals surface area contributed by atoms with Gasteiger partial charge in [-0.1, -0.05) is 45.1 Å². The Balaban J connectivity index is 2.55. The van der Waals surface area contributed by atoms with Crippen LogP contribution >= 0.6 is 0 Å². The third-order valence-electron chi connectivity index (χ3n) is 4.39.